The Hall–Kier alpha value is -1.48. The highest BCUT2D eigenvalue weighted by Crippen LogP contribution is 2.28. The largest absolute Gasteiger partial charge is 0.508 e. The predicted molar refractivity (Wildman–Crippen MR) is 65.9 cm³/mol. The highest BCUT2D eigenvalue weighted by atomic mass is 32.2. The summed E-state index contributed by atoms with van der Waals surface area (Å²) in [6.45, 7) is 4.06. The van der Waals surface area contributed by atoms with E-state index in [4.69, 9.17) is 0 Å². The van der Waals surface area contributed by atoms with Gasteiger partial charge in [0.15, 0.2) is 0 Å². The van der Waals surface area contributed by atoms with Crippen LogP contribution < -0.4 is 0 Å². The van der Waals surface area contributed by atoms with Gasteiger partial charge in [-0.25, -0.2) is 4.98 Å². The second-order valence-electron chi connectivity index (χ2n) is 3.72. The van der Waals surface area contributed by atoms with E-state index in [2.05, 4.69) is 24.0 Å². The Balaban J connectivity index is 2.23. The number of rotatable bonds is 2. The summed E-state index contributed by atoms with van der Waals surface area (Å²) >= 11 is 1.60. The number of aryl methyl sites for hydroxylation is 2. The van der Waals surface area contributed by atoms with Crippen LogP contribution in [0.25, 0.3) is 0 Å². The van der Waals surface area contributed by atoms with Crippen LogP contribution >= 0.6 is 11.8 Å². The van der Waals surface area contributed by atoms with Crippen molar-refractivity contribution in [2.75, 3.05) is 0 Å². The van der Waals surface area contributed by atoms with E-state index in [1.54, 1.807) is 23.9 Å². The van der Waals surface area contributed by atoms with Gasteiger partial charge in [0.05, 0.1) is 0 Å². The first-order chi connectivity index (χ1) is 7.63. The van der Waals surface area contributed by atoms with Gasteiger partial charge in [-0.15, -0.1) is 0 Å². The lowest BCUT2D eigenvalue weighted by Gasteiger charge is -2.03. The van der Waals surface area contributed by atoms with Crippen LogP contribution in [0.5, 0.6) is 5.75 Å². The SMILES string of the molecule is Cc1cc(C)nc(Sc2ccc(O)cc2)c1. The zero-order chi connectivity index (χ0) is 11.5. The van der Waals surface area contributed by atoms with E-state index in [0.717, 1.165) is 15.6 Å². The maximum Gasteiger partial charge on any atom is 0.115 e. The molecule has 1 aromatic carbocycles. The van der Waals surface area contributed by atoms with Crippen molar-refractivity contribution >= 4 is 11.8 Å². The van der Waals surface area contributed by atoms with Gasteiger partial charge in [0.1, 0.15) is 10.8 Å². The Morgan fingerprint density at radius 3 is 2.38 bits per heavy atom. The highest BCUT2D eigenvalue weighted by molar-refractivity contribution is 7.99. The van der Waals surface area contributed by atoms with Gasteiger partial charge in [-0.05, 0) is 55.8 Å². The summed E-state index contributed by atoms with van der Waals surface area (Å²) in [5.41, 5.74) is 2.25. The van der Waals surface area contributed by atoms with Crippen molar-refractivity contribution in [1.29, 1.82) is 0 Å². The summed E-state index contributed by atoms with van der Waals surface area (Å²) in [5, 5.41) is 10.2. The molecule has 0 aliphatic heterocycles. The molecule has 82 valence electrons. The standard InChI is InChI=1S/C13H13NOS/c1-9-7-10(2)14-13(8-9)16-12-5-3-11(15)4-6-12/h3-8,15H,1-2H3. The fourth-order valence-corrected chi connectivity index (χ4v) is 2.44. The van der Waals surface area contributed by atoms with Crippen molar-refractivity contribution in [3.8, 4) is 5.75 Å². The molecular formula is C13H13NOS. The summed E-state index contributed by atoms with van der Waals surface area (Å²) in [5.74, 6) is 0.290. The average molecular weight is 231 g/mol. The molecule has 1 N–H and O–H groups in total. The molecule has 0 aliphatic rings. The van der Waals surface area contributed by atoms with Gasteiger partial charge < -0.3 is 5.11 Å². The lowest BCUT2D eigenvalue weighted by Crippen LogP contribution is -1.86. The molecule has 0 saturated heterocycles. The van der Waals surface area contributed by atoms with Crippen LogP contribution in [0.4, 0.5) is 0 Å². The number of phenols is 1. The molecule has 2 nitrogen and oxygen atoms in total. The highest BCUT2D eigenvalue weighted by Gasteiger charge is 2.00. The topological polar surface area (TPSA) is 33.1 Å². The number of phenolic OH excluding ortho intramolecular Hbond substituents is 1. The Morgan fingerprint density at radius 2 is 1.75 bits per heavy atom. The molecular weight excluding hydrogens is 218 g/mol. The molecule has 0 atom stereocenters. The van der Waals surface area contributed by atoms with Gasteiger partial charge in [-0.1, -0.05) is 11.8 Å². The van der Waals surface area contributed by atoms with E-state index in [9.17, 15) is 5.11 Å². The number of hydrogen-bond donors (Lipinski definition) is 1. The van der Waals surface area contributed by atoms with Crippen LogP contribution in [-0.2, 0) is 0 Å². The van der Waals surface area contributed by atoms with Crippen LogP contribution in [0.2, 0.25) is 0 Å². The molecule has 0 bridgehead atoms. The molecule has 0 radical (unpaired) electrons. The minimum absolute atomic E-state index is 0.290. The quantitative estimate of drug-likeness (QED) is 0.858. The van der Waals surface area contributed by atoms with Gasteiger partial charge in [-0.2, -0.15) is 0 Å². The number of aromatic hydroxyl groups is 1. The summed E-state index contributed by atoms with van der Waals surface area (Å²) in [7, 11) is 0. The molecule has 0 fully saturated rings. The number of nitrogens with zero attached hydrogens (tertiary/aromatic N) is 1. The molecule has 0 aliphatic carbocycles. The van der Waals surface area contributed by atoms with Crippen molar-refractivity contribution in [3.63, 3.8) is 0 Å². The number of benzene rings is 1. The van der Waals surface area contributed by atoms with E-state index in [1.807, 2.05) is 19.1 Å². The van der Waals surface area contributed by atoms with Crippen molar-refractivity contribution < 1.29 is 5.11 Å². The second kappa shape index (κ2) is 4.58. The maximum absolute atomic E-state index is 9.19. The summed E-state index contributed by atoms with van der Waals surface area (Å²) < 4.78 is 0. The lowest BCUT2D eigenvalue weighted by atomic mass is 10.3. The average Bonchev–Trinajstić information content (AvgIpc) is 2.20. The third kappa shape index (κ3) is 2.76. The number of pyridine rings is 1. The lowest BCUT2D eigenvalue weighted by molar-refractivity contribution is 0.475. The summed E-state index contributed by atoms with van der Waals surface area (Å²) in [6.07, 6.45) is 0. The van der Waals surface area contributed by atoms with Crippen molar-refractivity contribution in [2.24, 2.45) is 0 Å². The van der Waals surface area contributed by atoms with E-state index in [1.165, 1.54) is 5.56 Å². The molecule has 3 heteroatoms. The Morgan fingerprint density at radius 1 is 1.06 bits per heavy atom. The molecule has 0 unspecified atom stereocenters. The number of aromatic nitrogens is 1. The van der Waals surface area contributed by atoms with Crippen molar-refractivity contribution in [3.05, 3.63) is 47.7 Å². The fraction of sp³-hybridized carbons (Fsp3) is 0.154. The first kappa shape index (κ1) is 11.0. The summed E-state index contributed by atoms with van der Waals surface area (Å²) in [4.78, 5) is 5.53. The molecule has 1 aromatic heterocycles. The molecule has 0 saturated carbocycles. The molecule has 16 heavy (non-hydrogen) atoms. The minimum Gasteiger partial charge on any atom is -0.508 e. The first-order valence-corrected chi connectivity index (χ1v) is 5.87. The molecule has 1 heterocycles. The second-order valence-corrected chi connectivity index (χ2v) is 4.81. The minimum atomic E-state index is 0.290. The fourth-order valence-electron chi connectivity index (χ4n) is 1.49. The Labute approximate surface area is 99.4 Å². The third-order valence-corrected chi connectivity index (χ3v) is 3.06. The third-order valence-electron chi connectivity index (χ3n) is 2.13. The van der Waals surface area contributed by atoms with Crippen LogP contribution in [0.15, 0.2) is 46.3 Å². The van der Waals surface area contributed by atoms with Crippen LogP contribution in [-0.4, -0.2) is 10.1 Å². The molecule has 2 rings (SSSR count). The van der Waals surface area contributed by atoms with Crippen molar-refractivity contribution in [1.82, 2.24) is 4.98 Å². The predicted octanol–water partition coefficient (Wildman–Crippen LogP) is 3.56. The Bertz CT molecular complexity index is 474. The number of hydrogen-bond acceptors (Lipinski definition) is 3. The smallest absolute Gasteiger partial charge is 0.115 e. The van der Waals surface area contributed by atoms with Gasteiger partial charge in [0.25, 0.3) is 0 Å². The zero-order valence-electron chi connectivity index (χ0n) is 9.27. The molecule has 0 amide bonds. The zero-order valence-corrected chi connectivity index (χ0v) is 10.1. The van der Waals surface area contributed by atoms with Crippen LogP contribution in [0.1, 0.15) is 11.3 Å². The first-order valence-electron chi connectivity index (χ1n) is 5.06. The van der Waals surface area contributed by atoms with Gasteiger partial charge in [0.2, 0.25) is 0 Å². The van der Waals surface area contributed by atoms with Gasteiger partial charge >= 0.3 is 0 Å². The van der Waals surface area contributed by atoms with E-state index >= 15 is 0 Å². The molecule has 0 spiro atoms. The van der Waals surface area contributed by atoms with E-state index < -0.39 is 0 Å². The van der Waals surface area contributed by atoms with Gasteiger partial charge in [0, 0.05) is 10.6 Å². The van der Waals surface area contributed by atoms with Crippen molar-refractivity contribution in [2.45, 2.75) is 23.8 Å². The maximum atomic E-state index is 9.19. The normalized spacial score (nSPS) is 10.4. The summed E-state index contributed by atoms with van der Waals surface area (Å²) in [6, 6.07) is 11.3. The van der Waals surface area contributed by atoms with Crippen LogP contribution in [0.3, 0.4) is 0 Å². The van der Waals surface area contributed by atoms with Crippen LogP contribution in [0, 0.1) is 13.8 Å². The molecule has 2 aromatic rings. The van der Waals surface area contributed by atoms with E-state index in [0.29, 0.717) is 0 Å². The monoisotopic (exact) mass is 231 g/mol. The van der Waals surface area contributed by atoms with Gasteiger partial charge in [-0.3, -0.25) is 0 Å². The van der Waals surface area contributed by atoms with E-state index in [-0.39, 0.29) is 5.75 Å². The Kier molecular flexibility index (Phi) is 3.15.